The van der Waals surface area contributed by atoms with Crippen molar-refractivity contribution in [3.63, 3.8) is 0 Å². The molecule has 0 aliphatic rings. The second-order valence-corrected chi connectivity index (χ2v) is 3.38. The molecule has 0 aliphatic heterocycles. The molecule has 2 rings (SSSR count). The maximum atomic E-state index is 12.5. The molecule has 0 bridgehead atoms. The lowest BCUT2D eigenvalue weighted by atomic mass is 10.1. The summed E-state index contributed by atoms with van der Waals surface area (Å²) in [6.45, 7) is 1.35. The number of hydrogen-bond donors (Lipinski definition) is 1. The number of aromatic amines is 1. The fourth-order valence-electron chi connectivity index (χ4n) is 1.45. The largest absolute Gasteiger partial charge is 0.433 e. The first-order valence-electron chi connectivity index (χ1n) is 4.46. The van der Waals surface area contributed by atoms with E-state index in [0.717, 1.165) is 0 Å². The topological polar surface area (TPSA) is 45.8 Å². The van der Waals surface area contributed by atoms with Crippen LogP contribution < -0.4 is 0 Å². The minimum absolute atomic E-state index is 0.0301. The molecule has 1 aromatic carbocycles. The van der Waals surface area contributed by atoms with E-state index >= 15 is 0 Å². The van der Waals surface area contributed by atoms with Crippen LogP contribution in [0.1, 0.15) is 23.0 Å². The number of ketones is 1. The maximum Gasteiger partial charge on any atom is 0.433 e. The normalized spacial score (nSPS) is 12.0. The molecule has 84 valence electrons. The van der Waals surface area contributed by atoms with Crippen molar-refractivity contribution >= 4 is 16.7 Å². The third-order valence-corrected chi connectivity index (χ3v) is 2.25. The van der Waals surface area contributed by atoms with Crippen molar-refractivity contribution in [2.24, 2.45) is 0 Å². The Kier molecular flexibility index (Phi) is 2.22. The molecule has 0 amide bonds. The molecule has 0 spiro atoms. The van der Waals surface area contributed by atoms with E-state index in [1.165, 1.54) is 25.1 Å². The number of aromatic nitrogens is 2. The van der Waals surface area contributed by atoms with Gasteiger partial charge in [-0.05, 0) is 19.1 Å². The molecule has 2 aromatic rings. The third kappa shape index (κ3) is 1.66. The van der Waals surface area contributed by atoms with Gasteiger partial charge in [0.1, 0.15) is 5.69 Å². The van der Waals surface area contributed by atoms with Crippen LogP contribution in [-0.2, 0) is 6.18 Å². The van der Waals surface area contributed by atoms with Crippen LogP contribution in [0, 0.1) is 0 Å². The van der Waals surface area contributed by atoms with Gasteiger partial charge >= 0.3 is 6.18 Å². The van der Waals surface area contributed by atoms with Crippen molar-refractivity contribution in [1.29, 1.82) is 0 Å². The number of carbonyl (C=O) groups excluding carboxylic acids is 1. The van der Waals surface area contributed by atoms with Crippen LogP contribution in [0.5, 0.6) is 0 Å². The molecule has 1 N–H and O–H groups in total. The number of nitrogens with one attached hydrogen (secondary N) is 1. The van der Waals surface area contributed by atoms with Crippen molar-refractivity contribution in [2.45, 2.75) is 13.1 Å². The summed E-state index contributed by atoms with van der Waals surface area (Å²) in [6.07, 6.45) is -4.47. The number of H-pyrrole nitrogens is 1. The molecule has 1 heterocycles. The number of nitrogens with zero attached hydrogens (tertiary/aromatic N) is 1. The van der Waals surface area contributed by atoms with Crippen molar-refractivity contribution in [3.8, 4) is 0 Å². The van der Waals surface area contributed by atoms with Gasteiger partial charge in [-0.25, -0.2) is 0 Å². The first kappa shape index (κ1) is 10.7. The average molecular weight is 228 g/mol. The summed E-state index contributed by atoms with van der Waals surface area (Å²) < 4.78 is 37.4. The van der Waals surface area contributed by atoms with Crippen LogP contribution in [-0.4, -0.2) is 16.0 Å². The fraction of sp³-hybridized carbons (Fsp3) is 0.200. The number of alkyl halides is 3. The molecule has 3 nitrogen and oxygen atoms in total. The summed E-state index contributed by atoms with van der Waals surface area (Å²) >= 11 is 0. The molecule has 1 aromatic heterocycles. The van der Waals surface area contributed by atoms with Gasteiger partial charge in [-0.2, -0.15) is 18.3 Å². The number of benzene rings is 1. The molecular formula is C10H7F3N2O. The van der Waals surface area contributed by atoms with Crippen LogP contribution in [0.2, 0.25) is 0 Å². The van der Waals surface area contributed by atoms with Gasteiger partial charge in [-0.15, -0.1) is 0 Å². The van der Waals surface area contributed by atoms with Gasteiger partial charge < -0.3 is 0 Å². The van der Waals surface area contributed by atoms with Gasteiger partial charge in [0, 0.05) is 10.9 Å². The smallest absolute Gasteiger partial charge is 0.295 e. The predicted molar refractivity (Wildman–Crippen MR) is 51.1 cm³/mol. The maximum absolute atomic E-state index is 12.5. The number of rotatable bonds is 1. The standard InChI is InChI=1S/C10H7F3N2O/c1-5(16)6-2-3-7-8(4-6)14-15-9(7)10(11,12)13/h2-4H,1H3,(H,14,15). The van der Waals surface area contributed by atoms with Crippen LogP contribution in [0.15, 0.2) is 18.2 Å². The van der Waals surface area contributed by atoms with Crippen molar-refractivity contribution in [3.05, 3.63) is 29.5 Å². The second kappa shape index (κ2) is 3.33. The van der Waals surface area contributed by atoms with E-state index in [0.29, 0.717) is 5.56 Å². The number of carbonyl (C=O) groups is 1. The molecule has 0 radical (unpaired) electrons. The van der Waals surface area contributed by atoms with E-state index in [-0.39, 0.29) is 16.7 Å². The summed E-state index contributed by atoms with van der Waals surface area (Å²) in [5.74, 6) is -0.210. The lowest BCUT2D eigenvalue weighted by Gasteiger charge is -2.03. The molecule has 0 saturated carbocycles. The van der Waals surface area contributed by atoms with Gasteiger partial charge in [0.15, 0.2) is 5.78 Å². The average Bonchev–Trinajstić information content (AvgIpc) is 2.58. The zero-order valence-corrected chi connectivity index (χ0v) is 8.22. The third-order valence-electron chi connectivity index (χ3n) is 2.25. The van der Waals surface area contributed by atoms with Crippen LogP contribution in [0.4, 0.5) is 13.2 Å². The Morgan fingerprint density at radius 3 is 2.62 bits per heavy atom. The number of Topliss-reactive ketones (excluding diaryl/α,β-unsaturated/α-hetero) is 1. The van der Waals surface area contributed by atoms with E-state index < -0.39 is 11.9 Å². The number of halogens is 3. The summed E-state index contributed by atoms with van der Waals surface area (Å²) in [5.41, 5.74) is -0.412. The molecule has 0 aliphatic carbocycles. The first-order chi connectivity index (χ1) is 7.39. The zero-order valence-electron chi connectivity index (χ0n) is 8.22. The van der Waals surface area contributed by atoms with Gasteiger partial charge in [-0.1, -0.05) is 6.07 Å². The van der Waals surface area contributed by atoms with Gasteiger partial charge in [0.25, 0.3) is 0 Å². The van der Waals surface area contributed by atoms with Crippen molar-refractivity contribution in [2.75, 3.05) is 0 Å². The Morgan fingerprint density at radius 2 is 2.06 bits per heavy atom. The van der Waals surface area contributed by atoms with E-state index in [1.54, 1.807) is 0 Å². The highest BCUT2D eigenvalue weighted by molar-refractivity contribution is 5.98. The number of hydrogen-bond acceptors (Lipinski definition) is 2. The minimum atomic E-state index is -4.47. The molecule has 6 heteroatoms. The SMILES string of the molecule is CC(=O)c1ccc2c(C(F)(F)F)[nH]nc2c1. The zero-order chi connectivity index (χ0) is 11.9. The van der Waals surface area contributed by atoms with E-state index in [1.807, 2.05) is 5.10 Å². The molecule has 0 atom stereocenters. The monoisotopic (exact) mass is 228 g/mol. The Balaban J connectivity index is 2.64. The predicted octanol–water partition coefficient (Wildman–Crippen LogP) is 2.78. The van der Waals surface area contributed by atoms with Crippen LogP contribution in [0.3, 0.4) is 0 Å². The fourth-order valence-corrected chi connectivity index (χ4v) is 1.45. The Bertz CT molecular complexity index is 557. The minimum Gasteiger partial charge on any atom is -0.295 e. The van der Waals surface area contributed by atoms with Crippen LogP contribution >= 0.6 is 0 Å². The molecule has 0 fully saturated rings. The highest BCUT2D eigenvalue weighted by Gasteiger charge is 2.34. The highest BCUT2D eigenvalue weighted by Crippen LogP contribution is 2.33. The Labute approximate surface area is 88.3 Å². The van der Waals surface area contributed by atoms with Gasteiger partial charge in [0.05, 0.1) is 5.52 Å². The second-order valence-electron chi connectivity index (χ2n) is 3.38. The van der Waals surface area contributed by atoms with Crippen LogP contribution in [0.25, 0.3) is 10.9 Å². The Morgan fingerprint density at radius 1 is 1.38 bits per heavy atom. The summed E-state index contributed by atoms with van der Waals surface area (Å²) in [4.78, 5) is 11.0. The van der Waals surface area contributed by atoms with Crippen molar-refractivity contribution in [1.82, 2.24) is 10.2 Å². The highest BCUT2D eigenvalue weighted by atomic mass is 19.4. The lowest BCUT2D eigenvalue weighted by molar-refractivity contribution is -0.139. The first-order valence-corrected chi connectivity index (χ1v) is 4.46. The summed E-state index contributed by atoms with van der Waals surface area (Å²) in [5, 5.41) is 5.43. The summed E-state index contributed by atoms with van der Waals surface area (Å²) in [6, 6.07) is 3.94. The van der Waals surface area contributed by atoms with E-state index in [4.69, 9.17) is 0 Å². The van der Waals surface area contributed by atoms with E-state index in [2.05, 4.69) is 5.10 Å². The number of fused-ring (bicyclic) bond motifs is 1. The molecule has 0 unspecified atom stereocenters. The van der Waals surface area contributed by atoms with Crippen molar-refractivity contribution < 1.29 is 18.0 Å². The lowest BCUT2D eigenvalue weighted by Crippen LogP contribution is -2.05. The summed E-state index contributed by atoms with van der Waals surface area (Å²) in [7, 11) is 0. The van der Waals surface area contributed by atoms with Gasteiger partial charge in [0.2, 0.25) is 0 Å². The molecule has 16 heavy (non-hydrogen) atoms. The quantitative estimate of drug-likeness (QED) is 0.763. The Hall–Kier alpha value is -1.85. The molecule has 0 saturated heterocycles. The van der Waals surface area contributed by atoms with E-state index in [9.17, 15) is 18.0 Å². The van der Waals surface area contributed by atoms with Gasteiger partial charge in [-0.3, -0.25) is 9.89 Å². The molecular weight excluding hydrogens is 221 g/mol.